The molecule has 0 aliphatic carbocycles. The van der Waals surface area contributed by atoms with Gasteiger partial charge in [-0.2, -0.15) is 0 Å². The third-order valence-corrected chi connectivity index (χ3v) is 4.52. The number of carboxylic acids is 1. The van der Waals surface area contributed by atoms with E-state index in [-0.39, 0.29) is 17.2 Å². The van der Waals surface area contributed by atoms with Gasteiger partial charge in [-0.15, -0.1) is 11.3 Å². The number of aromatic carboxylic acids is 1. The average Bonchev–Trinajstić information content (AvgIpc) is 3.15. The van der Waals surface area contributed by atoms with E-state index in [4.69, 9.17) is 5.11 Å². The molecule has 0 saturated carbocycles. The summed E-state index contributed by atoms with van der Waals surface area (Å²) in [5, 5.41) is 10.7. The smallest absolute Gasteiger partial charge is 0.335 e. The van der Waals surface area contributed by atoms with Gasteiger partial charge < -0.3 is 5.11 Å². The van der Waals surface area contributed by atoms with Gasteiger partial charge in [-0.05, 0) is 47.4 Å². The highest BCUT2D eigenvalue weighted by Crippen LogP contribution is 2.28. The van der Waals surface area contributed by atoms with E-state index in [1.807, 2.05) is 17.5 Å². The van der Waals surface area contributed by atoms with Crippen molar-refractivity contribution in [2.75, 3.05) is 0 Å². The second-order valence-electron chi connectivity index (χ2n) is 5.30. The Hall–Kier alpha value is -3.05. The molecule has 5 heteroatoms. The van der Waals surface area contributed by atoms with Crippen molar-refractivity contribution in [3.8, 4) is 10.4 Å². The normalized spacial score (nSPS) is 10.9. The summed E-state index contributed by atoms with van der Waals surface area (Å²) in [5.74, 6) is -1.60. The number of carboxylic acid groups (broad SMARTS) is 1. The minimum Gasteiger partial charge on any atom is -0.478 e. The predicted molar refractivity (Wildman–Crippen MR) is 96.5 cm³/mol. The van der Waals surface area contributed by atoms with Gasteiger partial charge in [0, 0.05) is 16.0 Å². The summed E-state index contributed by atoms with van der Waals surface area (Å²) in [6, 6.07) is 14.1. The van der Waals surface area contributed by atoms with Gasteiger partial charge in [0.15, 0.2) is 5.78 Å². The third-order valence-electron chi connectivity index (χ3n) is 3.62. The number of allylic oxidation sites excluding steroid dienone is 1. The van der Waals surface area contributed by atoms with Crippen molar-refractivity contribution in [3.63, 3.8) is 0 Å². The Labute approximate surface area is 147 Å². The monoisotopic (exact) mass is 352 g/mol. The number of benzene rings is 2. The largest absolute Gasteiger partial charge is 0.478 e. The predicted octanol–water partition coefficient (Wildman–Crippen LogP) is 5.15. The van der Waals surface area contributed by atoms with Crippen LogP contribution < -0.4 is 0 Å². The highest BCUT2D eigenvalue weighted by Gasteiger charge is 2.08. The van der Waals surface area contributed by atoms with Crippen LogP contribution in [0.1, 0.15) is 26.3 Å². The maximum atomic E-state index is 14.0. The van der Waals surface area contributed by atoms with Crippen molar-refractivity contribution in [1.82, 2.24) is 0 Å². The molecular weight excluding hydrogens is 339 g/mol. The minimum atomic E-state index is -1.04. The zero-order chi connectivity index (χ0) is 17.8. The quantitative estimate of drug-likeness (QED) is 0.510. The summed E-state index contributed by atoms with van der Waals surface area (Å²) in [6.07, 6.45) is 3.01. The molecule has 0 saturated heterocycles. The fourth-order valence-corrected chi connectivity index (χ4v) is 3.06. The fourth-order valence-electron chi connectivity index (χ4n) is 2.31. The molecule has 0 aliphatic heterocycles. The van der Waals surface area contributed by atoms with Gasteiger partial charge in [-0.25, -0.2) is 9.18 Å². The van der Waals surface area contributed by atoms with E-state index in [0.29, 0.717) is 16.7 Å². The van der Waals surface area contributed by atoms with E-state index >= 15 is 0 Å². The molecule has 0 amide bonds. The van der Waals surface area contributed by atoms with Gasteiger partial charge in [-0.3, -0.25) is 4.79 Å². The molecule has 124 valence electrons. The van der Waals surface area contributed by atoms with Crippen molar-refractivity contribution in [2.45, 2.75) is 0 Å². The lowest BCUT2D eigenvalue weighted by Crippen LogP contribution is -1.98. The average molecular weight is 352 g/mol. The standard InChI is InChI=1S/C20H13FO3S/c21-17-9-3-13(12-16(17)19-2-1-11-25-19)4-10-18(22)14-5-7-15(8-6-14)20(23)24/h1-12H,(H,23,24). The first-order valence-electron chi connectivity index (χ1n) is 7.44. The molecule has 0 fully saturated rings. The number of rotatable bonds is 5. The number of hydrogen-bond donors (Lipinski definition) is 1. The number of carbonyl (C=O) groups excluding carboxylic acids is 1. The lowest BCUT2D eigenvalue weighted by atomic mass is 10.1. The summed E-state index contributed by atoms with van der Waals surface area (Å²) < 4.78 is 14.0. The topological polar surface area (TPSA) is 54.4 Å². The van der Waals surface area contributed by atoms with Crippen LogP contribution >= 0.6 is 11.3 Å². The van der Waals surface area contributed by atoms with Crippen LogP contribution in [-0.4, -0.2) is 16.9 Å². The molecule has 0 unspecified atom stereocenters. The van der Waals surface area contributed by atoms with Gasteiger partial charge >= 0.3 is 5.97 Å². The van der Waals surface area contributed by atoms with E-state index in [9.17, 15) is 14.0 Å². The number of ketones is 1. The van der Waals surface area contributed by atoms with Crippen molar-refractivity contribution in [1.29, 1.82) is 0 Å². The Morgan fingerprint density at radius 1 is 1.00 bits per heavy atom. The lowest BCUT2D eigenvalue weighted by molar-refractivity contribution is 0.0696. The molecule has 1 heterocycles. The fraction of sp³-hybridized carbons (Fsp3) is 0. The van der Waals surface area contributed by atoms with E-state index in [1.165, 1.54) is 47.7 Å². The first-order chi connectivity index (χ1) is 12.0. The van der Waals surface area contributed by atoms with Crippen LogP contribution in [0.15, 0.2) is 66.1 Å². The van der Waals surface area contributed by atoms with E-state index in [1.54, 1.807) is 18.2 Å². The highest BCUT2D eigenvalue weighted by atomic mass is 32.1. The zero-order valence-electron chi connectivity index (χ0n) is 13.0. The third kappa shape index (κ3) is 3.89. The Morgan fingerprint density at radius 2 is 1.72 bits per heavy atom. The summed E-state index contributed by atoms with van der Waals surface area (Å²) in [6.45, 7) is 0. The van der Waals surface area contributed by atoms with Crippen molar-refractivity contribution >= 4 is 29.2 Å². The Bertz CT molecular complexity index is 942. The van der Waals surface area contributed by atoms with E-state index in [2.05, 4.69) is 0 Å². The van der Waals surface area contributed by atoms with Gasteiger partial charge in [0.25, 0.3) is 0 Å². The number of carbonyl (C=O) groups is 2. The summed E-state index contributed by atoms with van der Waals surface area (Å²) in [4.78, 5) is 23.8. The molecule has 0 atom stereocenters. The number of hydrogen-bond acceptors (Lipinski definition) is 3. The van der Waals surface area contributed by atoms with Crippen LogP contribution in [0.2, 0.25) is 0 Å². The molecule has 0 spiro atoms. The maximum absolute atomic E-state index is 14.0. The van der Waals surface area contributed by atoms with E-state index < -0.39 is 5.97 Å². The molecule has 0 aliphatic rings. The number of halogens is 1. The Morgan fingerprint density at radius 3 is 2.36 bits per heavy atom. The van der Waals surface area contributed by atoms with Crippen molar-refractivity contribution in [2.24, 2.45) is 0 Å². The first kappa shape index (κ1) is 16.8. The molecule has 0 bridgehead atoms. The van der Waals surface area contributed by atoms with Gasteiger partial charge in [-0.1, -0.05) is 30.3 Å². The van der Waals surface area contributed by atoms with Crippen LogP contribution in [0.5, 0.6) is 0 Å². The Kier molecular flexibility index (Phi) is 4.86. The van der Waals surface area contributed by atoms with Crippen LogP contribution in [0.3, 0.4) is 0 Å². The molecule has 1 N–H and O–H groups in total. The summed E-state index contributed by atoms with van der Waals surface area (Å²) in [7, 11) is 0. The van der Waals surface area contributed by atoms with Crippen molar-refractivity contribution in [3.05, 3.63) is 88.6 Å². The van der Waals surface area contributed by atoms with Crippen LogP contribution in [0.4, 0.5) is 4.39 Å². The highest BCUT2D eigenvalue weighted by molar-refractivity contribution is 7.13. The van der Waals surface area contributed by atoms with Gasteiger partial charge in [0.2, 0.25) is 0 Å². The molecule has 2 aromatic carbocycles. The zero-order valence-corrected chi connectivity index (χ0v) is 13.8. The lowest BCUT2D eigenvalue weighted by Gasteiger charge is -2.02. The van der Waals surface area contributed by atoms with Crippen LogP contribution in [0, 0.1) is 5.82 Å². The SMILES string of the molecule is O=C(O)c1ccc(C(=O)C=Cc2ccc(F)c(-c3cccs3)c2)cc1. The summed E-state index contributed by atoms with van der Waals surface area (Å²) >= 11 is 1.44. The van der Waals surface area contributed by atoms with Gasteiger partial charge in [0.05, 0.1) is 5.56 Å². The van der Waals surface area contributed by atoms with Crippen LogP contribution in [0.25, 0.3) is 16.5 Å². The molecular formula is C20H13FO3S. The minimum absolute atomic E-state index is 0.125. The van der Waals surface area contributed by atoms with Gasteiger partial charge in [0.1, 0.15) is 5.82 Å². The molecule has 0 radical (unpaired) electrons. The second-order valence-corrected chi connectivity index (χ2v) is 6.24. The first-order valence-corrected chi connectivity index (χ1v) is 8.32. The number of thiophene rings is 1. The Balaban J connectivity index is 1.81. The van der Waals surface area contributed by atoms with E-state index in [0.717, 1.165) is 4.88 Å². The molecule has 3 nitrogen and oxygen atoms in total. The molecule has 25 heavy (non-hydrogen) atoms. The van der Waals surface area contributed by atoms with Crippen molar-refractivity contribution < 1.29 is 19.1 Å². The van der Waals surface area contributed by atoms with Crippen LogP contribution in [-0.2, 0) is 0 Å². The molecule has 1 aromatic heterocycles. The molecule has 3 aromatic rings. The maximum Gasteiger partial charge on any atom is 0.335 e. The second kappa shape index (κ2) is 7.23. The molecule has 3 rings (SSSR count). The summed E-state index contributed by atoms with van der Waals surface area (Å²) in [5.41, 5.74) is 1.72.